The van der Waals surface area contributed by atoms with Gasteiger partial charge in [-0.2, -0.15) is 5.26 Å². The predicted octanol–water partition coefficient (Wildman–Crippen LogP) is 2.98. The molecule has 4 N–H and O–H groups in total. The summed E-state index contributed by atoms with van der Waals surface area (Å²) in [5, 5.41) is 38.3. The number of nitriles is 1. The Morgan fingerprint density at radius 2 is 1.97 bits per heavy atom. The minimum atomic E-state index is -1.26. The number of anilines is 1. The van der Waals surface area contributed by atoms with Crippen molar-refractivity contribution >= 4 is 34.5 Å². The van der Waals surface area contributed by atoms with Crippen molar-refractivity contribution < 1.29 is 15.0 Å². The quantitative estimate of drug-likeness (QED) is 0.276. The van der Waals surface area contributed by atoms with Crippen molar-refractivity contribution in [3.8, 4) is 28.7 Å². The summed E-state index contributed by atoms with van der Waals surface area (Å²) in [4.78, 5) is 24.5. The van der Waals surface area contributed by atoms with Crippen molar-refractivity contribution in [2.45, 2.75) is 31.4 Å². The highest BCUT2D eigenvalue weighted by molar-refractivity contribution is 14.1. The molecule has 11 nitrogen and oxygen atoms in total. The number of carboxylic acids is 1. The summed E-state index contributed by atoms with van der Waals surface area (Å²) >= 11 is 2.10. The van der Waals surface area contributed by atoms with Crippen LogP contribution in [0.2, 0.25) is 0 Å². The lowest BCUT2D eigenvalue weighted by Gasteiger charge is -2.22. The van der Waals surface area contributed by atoms with Gasteiger partial charge in [0.1, 0.15) is 17.4 Å². The topological polar surface area (TPSA) is 177 Å². The number of nitrogens with zero attached hydrogens (tertiary/aromatic N) is 7. The van der Waals surface area contributed by atoms with Gasteiger partial charge in [0.15, 0.2) is 0 Å². The molecule has 0 amide bonds. The maximum absolute atomic E-state index is 11.3. The zero-order valence-electron chi connectivity index (χ0n) is 19.4. The Morgan fingerprint density at radius 3 is 2.73 bits per heavy atom. The summed E-state index contributed by atoms with van der Waals surface area (Å²) in [7, 11) is 0. The molecule has 4 aromatic rings. The second kappa shape index (κ2) is 9.83. The molecule has 1 aliphatic carbocycles. The molecule has 1 saturated carbocycles. The van der Waals surface area contributed by atoms with Gasteiger partial charge in [-0.05, 0) is 66.1 Å². The van der Waals surface area contributed by atoms with E-state index < -0.39 is 17.5 Å². The Labute approximate surface area is 225 Å². The second-order valence-corrected chi connectivity index (χ2v) is 10.1. The zero-order chi connectivity index (χ0) is 26.2. The lowest BCUT2D eigenvalue weighted by atomic mass is 9.95. The third-order valence-corrected chi connectivity index (χ3v) is 7.29. The number of aliphatic carboxylic acids is 1. The minimum absolute atomic E-state index is 0.0450. The molecule has 1 fully saturated rings. The van der Waals surface area contributed by atoms with Crippen LogP contribution >= 0.6 is 22.6 Å². The number of carbonyl (C=O) groups is 1. The first-order valence-corrected chi connectivity index (χ1v) is 12.5. The number of nitrogen functional groups attached to an aromatic ring is 1. The largest absolute Gasteiger partial charge is 0.481 e. The maximum Gasteiger partial charge on any atom is 0.306 e. The lowest BCUT2D eigenvalue weighted by Crippen LogP contribution is -2.25. The van der Waals surface area contributed by atoms with Crippen LogP contribution in [0.1, 0.15) is 36.2 Å². The molecule has 0 radical (unpaired) electrons. The lowest BCUT2D eigenvalue weighted by molar-refractivity contribution is -0.142. The van der Waals surface area contributed by atoms with Crippen molar-refractivity contribution in [2.24, 2.45) is 5.92 Å². The van der Waals surface area contributed by atoms with Crippen LogP contribution in [0.5, 0.6) is 0 Å². The van der Waals surface area contributed by atoms with Gasteiger partial charge in [-0.3, -0.25) is 9.78 Å². The molecule has 1 aromatic carbocycles. The van der Waals surface area contributed by atoms with Gasteiger partial charge in [0.25, 0.3) is 0 Å². The molecule has 0 spiro atoms. The molecule has 37 heavy (non-hydrogen) atoms. The van der Waals surface area contributed by atoms with E-state index in [1.54, 1.807) is 41.2 Å². The molecule has 12 heteroatoms. The van der Waals surface area contributed by atoms with E-state index in [9.17, 15) is 20.3 Å². The van der Waals surface area contributed by atoms with E-state index in [4.69, 9.17) is 5.73 Å². The summed E-state index contributed by atoms with van der Waals surface area (Å²) in [6.07, 6.45) is 2.59. The number of rotatable bonds is 6. The van der Waals surface area contributed by atoms with Gasteiger partial charge in [0, 0.05) is 9.13 Å². The van der Waals surface area contributed by atoms with Crippen molar-refractivity contribution in [2.75, 3.05) is 5.73 Å². The highest BCUT2D eigenvalue weighted by Crippen LogP contribution is 2.41. The number of aromatic nitrogens is 6. The first-order valence-electron chi connectivity index (χ1n) is 11.4. The molecular weight excluding hydrogens is 587 g/mol. The zero-order valence-corrected chi connectivity index (χ0v) is 21.6. The van der Waals surface area contributed by atoms with E-state index in [2.05, 4.69) is 53.9 Å². The van der Waals surface area contributed by atoms with Gasteiger partial charge in [-0.1, -0.05) is 23.4 Å². The molecule has 0 bridgehead atoms. The Bertz CT molecular complexity index is 1550. The van der Waals surface area contributed by atoms with E-state index in [-0.39, 0.29) is 18.9 Å². The second-order valence-electron chi connectivity index (χ2n) is 8.90. The van der Waals surface area contributed by atoms with Crippen molar-refractivity contribution in [3.63, 3.8) is 0 Å². The predicted molar refractivity (Wildman–Crippen MR) is 141 cm³/mol. The van der Waals surface area contributed by atoms with Gasteiger partial charge in [0.05, 0.1) is 47.0 Å². The molecular formula is C25H21IN8O3. The monoisotopic (exact) mass is 608 g/mol. The summed E-state index contributed by atoms with van der Waals surface area (Å²) < 4.78 is 2.39. The number of pyridine rings is 1. The Hall–Kier alpha value is -3.96. The summed E-state index contributed by atoms with van der Waals surface area (Å²) in [6.45, 7) is 0.280. The summed E-state index contributed by atoms with van der Waals surface area (Å²) in [5.74, 6) is -1.44. The molecule has 0 saturated heterocycles. The van der Waals surface area contributed by atoms with Gasteiger partial charge in [-0.15, -0.1) is 5.10 Å². The van der Waals surface area contributed by atoms with Crippen molar-refractivity contribution in [3.05, 3.63) is 69.2 Å². The fourth-order valence-electron chi connectivity index (χ4n) is 4.54. The van der Waals surface area contributed by atoms with Gasteiger partial charge >= 0.3 is 5.97 Å². The molecule has 2 atom stereocenters. The number of nitrogens with two attached hydrogens (primary N) is 1. The minimum Gasteiger partial charge on any atom is -0.481 e. The number of halogens is 1. The van der Waals surface area contributed by atoms with E-state index in [1.165, 1.54) is 0 Å². The third-order valence-electron chi connectivity index (χ3n) is 6.39. The standard InChI is InChI=1S/C25H21IN8O3/c26-18-5-2-4-16(17(18)11-27)19-9-20(31-24(28)30-19)21-13-34(33-32-21)12-15-3-1-6-22(29-15)25(37)8-7-14(10-25)23(35)36/h1-6,9,13-14,37H,7-8,10,12H2,(H,35,36)(H2,28,30,31). The van der Waals surface area contributed by atoms with Gasteiger partial charge < -0.3 is 15.9 Å². The van der Waals surface area contributed by atoms with E-state index in [0.29, 0.717) is 52.4 Å². The molecule has 5 rings (SSSR count). The first-order chi connectivity index (χ1) is 17.8. The van der Waals surface area contributed by atoms with Crippen LogP contribution in [0.3, 0.4) is 0 Å². The molecule has 0 aliphatic heterocycles. The number of carboxylic acid groups (broad SMARTS) is 1. The van der Waals surface area contributed by atoms with Crippen LogP contribution < -0.4 is 5.73 Å². The van der Waals surface area contributed by atoms with Crippen LogP contribution in [0.4, 0.5) is 5.95 Å². The van der Waals surface area contributed by atoms with Crippen molar-refractivity contribution in [1.29, 1.82) is 5.26 Å². The molecule has 3 aromatic heterocycles. The fraction of sp³-hybridized carbons (Fsp3) is 0.240. The first kappa shape index (κ1) is 24.7. The Kier molecular flexibility index (Phi) is 6.57. The Balaban J connectivity index is 1.40. The number of hydrogen-bond donors (Lipinski definition) is 3. The van der Waals surface area contributed by atoms with Crippen LogP contribution in [0.25, 0.3) is 22.6 Å². The highest BCUT2D eigenvalue weighted by atomic mass is 127. The average Bonchev–Trinajstić information content (AvgIpc) is 3.51. The van der Waals surface area contributed by atoms with Crippen LogP contribution in [-0.2, 0) is 16.9 Å². The molecule has 186 valence electrons. The van der Waals surface area contributed by atoms with Gasteiger partial charge in [0.2, 0.25) is 5.95 Å². The average molecular weight is 608 g/mol. The Morgan fingerprint density at radius 1 is 1.19 bits per heavy atom. The van der Waals surface area contributed by atoms with Gasteiger partial charge in [-0.25, -0.2) is 14.6 Å². The molecule has 2 unspecified atom stereocenters. The summed E-state index contributed by atoms with van der Waals surface area (Å²) in [5.41, 5.74) is 8.38. The van der Waals surface area contributed by atoms with Crippen LogP contribution in [-0.4, -0.2) is 46.1 Å². The third kappa shape index (κ3) is 5.00. The number of benzene rings is 1. The normalized spacial score (nSPS) is 19.0. The van der Waals surface area contributed by atoms with Crippen molar-refractivity contribution in [1.82, 2.24) is 29.9 Å². The smallest absolute Gasteiger partial charge is 0.306 e. The van der Waals surface area contributed by atoms with E-state index in [1.807, 2.05) is 12.1 Å². The van der Waals surface area contributed by atoms with E-state index >= 15 is 0 Å². The maximum atomic E-state index is 11.3. The molecule has 3 heterocycles. The summed E-state index contributed by atoms with van der Waals surface area (Å²) in [6, 6.07) is 14.7. The van der Waals surface area contributed by atoms with Crippen LogP contribution in [0.15, 0.2) is 48.7 Å². The number of aliphatic hydroxyl groups is 1. The fourth-order valence-corrected chi connectivity index (χ4v) is 5.16. The number of hydrogen-bond acceptors (Lipinski definition) is 9. The molecule has 1 aliphatic rings. The van der Waals surface area contributed by atoms with Crippen LogP contribution in [0, 0.1) is 20.8 Å². The highest BCUT2D eigenvalue weighted by Gasteiger charge is 2.42. The van der Waals surface area contributed by atoms with E-state index in [0.717, 1.165) is 3.57 Å². The SMILES string of the molecule is N#Cc1c(I)cccc1-c1cc(-c2cn(Cc3cccc(C4(O)CCC(C(=O)O)C4)n3)nn2)nc(N)n1.